The number of nitrogens with one attached hydrogen (secondary N) is 1. The van der Waals surface area contributed by atoms with E-state index >= 15 is 14.4 Å². The molecule has 15 nitrogen and oxygen atoms in total. The SMILES string of the molecule is O=C1OC(c2ccccc2)C(c2ccccc2)N2C1C(C(=O)Nc1nc3ccccc3s1)C1(C(=O)N(C(=O)OCc3ccc([N+](=O)[O-])cc3)c3ccc(C#CC4=CCCCC4)cc31)C2c1cccc(OCCO)c1. The van der Waals surface area contributed by atoms with E-state index in [9.17, 15) is 20.0 Å². The van der Waals surface area contributed by atoms with Crippen molar-refractivity contribution in [3.8, 4) is 17.6 Å². The highest BCUT2D eigenvalue weighted by Crippen LogP contribution is 2.66. The Labute approximate surface area is 429 Å². The molecule has 74 heavy (non-hydrogen) atoms. The Balaban J connectivity index is 1.17. The number of rotatable bonds is 11. The van der Waals surface area contributed by atoms with E-state index in [0.29, 0.717) is 39.1 Å². The lowest BCUT2D eigenvalue weighted by Crippen LogP contribution is -2.54. The van der Waals surface area contributed by atoms with Crippen molar-refractivity contribution in [1.29, 1.82) is 0 Å². The number of non-ortho nitro benzene ring substituents is 1. The zero-order valence-electron chi connectivity index (χ0n) is 39.7. The molecule has 2 saturated heterocycles. The number of ether oxygens (including phenoxy) is 3. The molecule has 11 rings (SSSR count). The number of nitro groups is 1. The first kappa shape index (κ1) is 47.8. The smallest absolute Gasteiger partial charge is 0.421 e. The number of anilines is 2. The third kappa shape index (κ3) is 8.64. The summed E-state index contributed by atoms with van der Waals surface area (Å²) in [5, 5.41) is 24.6. The second-order valence-corrected chi connectivity index (χ2v) is 19.5. The molecule has 7 aromatic rings. The number of benzene rings is 6. The van der Waals surface area contributed by atoms with Crippen LogP contribution < -0.4 is 15.0 Å². The molecule has 3 aliphatic heterocycles. The number of imide groups is 1. The maximum Gasteiger partial charge on any atom is 0.421 e. The van der Waals surface area contributed by atoms with Crippen molar-refractivity contribution in [3.63, 3.8) is 0 Å². The van der Waals surface area contributed by atoms with Gasteiger partial charge in [0.25, 0.3) is 5.69 Å². The van der Waals surface area contributed by atoms with Crippen molar-refractivity contribution in [3.05, 3.63) is 207 Å². The van der Waals surface area contributed by atoms with E-state index in [4.69, 9.17) is 19.2 Å². The molecule has 2 fully saturated rings. The van der Waals surface area contributed by atoms with Gasteiger partial charge < -0.3 is 24.6 Å². The molecule has 0 saturated carbocycles. The van der Waals surface area contributed by atoms with Gasteiger partial charge in [-0.15, -0.1) is 0 Å². The maximum atomic E-state index is 16.7. The van der Waals surface area contributed by atoms with Gasteiger partial charge in [0.2, 0.25) is 11.8 Å². The fraction of sp³-hybridized carbons (Fsp3) is 0.224. The number of aromatic nitrogens is 1. The van der Waals surface area contributed by atoms with Crippen LogP contribution in [0.25, 0.3) is 10.2 Å². The molecule has 6 atom stereocenters. The van der Waals surface area contributed by atoms with Crippen molar-refractivity contribution < 1.29 is 43.4 Å². The van der Waals surface area contributed by atoms with Gasteiger partial charge in [-0.3, -0.25) is 29.4 Å². The number of carbonyl (C=O) groups is 4. The number of amides is 3. The highest BCUT2D eigenvalue weighted by atomic mass is 32.1. The minimum atomic E-state index is -2.15. The number of aliphatic hydroxyl groups excluding tert-OH is 1. The number of para-hydroxylation sites is 1. The topological polar surface area (TPSA) is 191 Å². The van der Waals surface area contributed by atoms with Gasteiger partial charge in [-0.1, -0.05) is 114 Å². The van der Waals surface area contributed by atoms with Gasteiger partial charge in [0.15, 0.2) is 5.13 Å². The molecule has 2 N–H and O–H groups in total. The minimum Gasteiger partial charge on any atom is -0.491 e. The summed E-state index contributed by atoms with van der Waals surface area (Å²) in [6.07, 6.45) is 3.83. The number of nitro benzene ring substituents is 1. The highest BCUT2D eigenvalue weighted by Gasteiger charge is 2.76. The quantitative estimate of drug-likeness (QED) is 0.0541. The van der Waals surface area contributed by atoms with Gasteiger partial charge >= 0.3 is 12.1 Å². The Kier molecular flexibility index (Phi) is 13.0. The number of hydrogen-bond donors (Lipinski definition) is 2. The summed E-state index contributed by atoms with van der Waals surface area (Å²) in [7, 11) is 0. The van der Waals surface area contributed by atoms with Crippen molar-refractivity contribution in [2.24, 2.45) is 5.92 Å². The summed E-state index contributed by atoms with van der Waals surface area (Å²) >= 11 is 1.23. The number of morpholine rings is 1. The van der Waals surface area contributed by atoms with Gasteiger partial charge in [0, 0.05) is 17.7 Å². The number of fused-ring (bicyclic) bond motifs is 4. The van der Waals surface area contributed by atoms with Crippen molar-refractivity contribution in [1.82, 2.24) is 9.88 Å². The Morgan fingerprint density at radius 2 is 1.59 bits per heavy atom. The number of allylic oxidation sites excluding steroid dienone is 2. The zero-order valence-corrected chi connectivity index (χ0v) is 40.5. The lowest BCUT2D eigenvalue weighted by atomic mass is 9.65. The number of aliphatic hydroxyl groups is 1. The van der Waals surface area contributed by atoms with E-state index in [2.05, 4.69) is 23.2 Å². The lowest BCUT2D eigenvalue weighted by molar-refractivity contribution is -0.384. The van der Waals surface area contributed by atoms with Crippen LogP contribution in [0.1, 0.15) is 77.3 Å². The average molecular weight is 1010 g/mol. The molecule has 16 heteroatoms. The average Bonchev–Trinajstić information content (AvgIpc) is 4.12. The van der Waals surface area contributed by atoms with E-state index < -0.39 is 64.4 Å². The van der Waals surface area contributed by atoms with Crippen molar-refractivity contribution in [2.45, 2.75) is 61.9 Å². The van der Waals surface area contributed by atoms with Crippen LogP contribution in [-0.2, 0) is 35.9 Å². The Morgan fingerprint density at radius 3 is 2.32 bits per heavy atom. The molecule has 1 spiro atoms. The second kappa shape index (κ2) is 20.2. The predicted octanol–water partition coefficient (Wildman–Crippen LogP) is 10.1. The molecular formula is C58H47N5O10S. The third-order valence-corrected chi connectivity index (χ3v) is 15.1. The summed E-state index contributed by atoms with van der Waals surface area (Å²) in [4.78, 5) is 81.9. The summed E-state index contributed by atoms with van der Waals surface area (Å²) in [6.45, 7) is -0.709. The monoisotopic (exact) mass is 1010 g/mol. The third-order valence-electron chi connectivity index (χ3n) is 14.1. The number of esters is 1. The number of cyclic esters (lactones) is 1. The maximum absolute atomic E-state index is 16.7. The van der Waals surface area contributed by atoms with E-state index in [1.807, 2.05) is 89.8 Å². The van der Waals surface area contributed by atoms with Crippen LogP contribution in [0.2, 0.25) is 0 Å². The number of thiazole rings is 1. The molecule has 1 aliphatic carbocycles. The highest BCUT2D eigenvalue weighted by molar-refractivity contribution is 7.22. The predicted molar refractivity (Wildman–Crippen MR) is 276 cm³/mol. The van der Waals surface area contributed by atoms with Crippen LogP contribution in [0.4, 0.5) is 21.3 Å². The molecule has 370 valence electrons. The molecule has 4 heterocycles. The minimum absolute atomic E-state index is 0.0531. The largest absolute Gasteiger partial charge is 0.491 e. The van der Waals surface area contributed by atoms with Crippen molar-refractivity contribution >= 4 is 61.9 Å². The van der Waals surface area contributed by atoms with Crippen LogP contribution in [0, 0.1) is 27.9 Å². The lowest BCUT2D eigenvalue weighted by Gasteiger charge is -2.46. The van der Waals surface area contributed by atoms with Crippen LogP contribution >= 0.6 is 11.3 Å². The molecule has 0 radical (unpaired) electrons. The van der Waals surface area contributed by atoms with E-state index in [1.54, 1.807) is 42.5 Å². The molecule has 6 unspecified atom stereocenters. The Hall–Kier alpha value is -8.49. The molecular weight excluding hydrogens is 959 g/mol. The standard InChI is InChI=1S/C58H47N5O10S/c64-31-32-71-43-20-12-19-41(34-43)52-58(44-33-37(24-23-36-13-4-1-5-14-36)27-30-46(44)61(55(58)67)57(68)72-35-38-25-28-42(29-26-38)63(69)70)48(53(65)60-56-59-45-21-10-11-22-47(45)74-56)50-54(66)73-51(40-17-8-3-9-18-40)49(62(50)52)39-15-6-2-7-16-39/h2-3,6-13,15-22,25-30,33-34,48-52,64H,1,4-5,14,31-32,35H2,(H,59,60,65). The number of nitrogens with zero attached hydrogens (tertiary/aromatic N) is 4. The molecule has 1 aromatic heterocycles. The molecule has 4 aliphatic rings. The van der Waals surface area contributed by atoms with E-state index in [0.717, 1.165) is 40.9 Å². The number of hydrogen-bond acceptors (Lipinski definition) is 13. The summed E-state index contributed by atoms with van der Waals surface area (Å²) in [5.74, 6) is 2.98. The van der Waals surface area contributed by atoms with E-state index in [-0.39, 0.29) is 41.9 Å². The molecule has 0 bridgehead atoms. The van der Waals surface area contributed by atoms with Gasteiger partial charge in [-0.2, -0.15) is 0 Å². The summed E-state index contributed by atoms with van der Waals surface area (Å²) in [5.41, 5.74) is 2.36. The first-order valence-corrected chi connectivity index (χ1v) is 25.1. The van der Waals surface area contributed by atoms with Gasteiger partial charge in [0.1, 0.15) is 36.5 Å². The van der Waals surface area contributed by atoms with E-state index in [1.165, 1.54) is 35.6 Å². The first-order chi connectivity index (χ1) is 36.1. The Morgan fingerprint density at radius 1 is 0.851 bits per heavy atom. The molecule has 3 amide bonds. The van der Waals surface area contributed by atoms with Gasteiger partial charge in [0.05, 0.1) is 45.4 Å². The van der Waals surface area contributed by atoms with Gasteiger partial charge in [-0.25, -0.2) is 14.7 Å². The van der Waals surface area contributed by atoms with Crippen molar-refractivity contribution in [2.75, 3.05) is 23.4 Å². The fourth-order valence-electron chi connectivity index (χ4n) is 11.0. The van der Waals surface area contributed by atoms with Crippen LogP contribution in [0.5, 0.6) is 5.75 Å². The Bertz CT molecular complexity index is 3390. The fourth-order valence-corrected chi connectivity index (χ4v) is 11.9. The van der Waals surface area contributed by atoms with Crippen LogP contribution in [0.15, 0.2) is 163 Å². The number of carbonyl (C=O) groups excluding carboxylic acids is 4. The zero-order chi connectivity index (χ0) is 50.9. The molecule has 6 aromatic carbocycles. The van der Waals surface area contributed by atoms with Crippen LogP contribution in [-0.4, -0.2) is 63.0 Å². The summed E-state index contributed by atoms with van der Waals surface area (Å²) in [6, 6.07) is 40.0. The normalized spacial score (nSPS) is 22.0. The van der Waals surface area contributed by atoms with Gasteiger partial charge in [-0.05, 0) is 114 Å². The summed E-state index contributed by atoms with van der Waals surface area (Å²) < 4.78 is 19.4. The second-order valence-electron chi connectivity index (χ2n) is 18.5. The van der Waals surface area contributed by atoms with Crippen LogP contribution in [0.3, 0.4) is 0 Å². The first-order valence-electron chi connectivity index (χ1n) is 24.3.